The quantitative estimate of drug-likeness (QED) is 0.289. The number of hydrogen-bond acceptors (Lipinski definition) is 5. The minimum absolute atomic E-state index is 0.0969. The molecule has 2 amide bonds. The lowest BCUT2D eigenvalue weighted by Crippen LogP contribution is -2.28. The van der Waals surface area contributed by atoms with Crippen LogP contribution in [-0.2, 0) is 11.3 Å². The molecule has 0 spiro atoms. The van der Waals surface area contributed by atoms with Gasteiger partial charge in [-0.2, -0.15) is 0 Å². The van der Waals surface area contributed by atoms with E-state index >= 15 is 0 Å². The predicted octanol–water partition coefficient (Wildman–Crippen LogP) is 5.05. The third-order valence-electron chi connectivity index (χ3n) is 5.20. The maximum atomic E-state index is 12.6. The van der Waals surface area contributed by atoms with Crippen molar-refractivity contribution in [2.24, 2.45) is 0 Å². The molecule has 7 nitrogen and oxygen atoms in total. The zero-order valence-corrected chi connectivity index (χ0v) is 22.4. The first-order valence-electron chi connectivity index (χ1n) is 10.7. The molecule has 2 N–H and O–H groups in total. The van der Waals surface area contributed by atoms with Crippen LogP contribution in [0.5, 0.6) is 0 Å². The Bertz CT molecular complexity index is 1140. The molecule has 1 aromatic heterocycles. The van der Waals surface area contributed by atoms with E-state index in [9.17, 15) is 9.59 Å². The summed E-state index contributed by atoms with van der Waals surface area (Å²) in [7, 11) is 0. The number of benzene rings is 2. The molecule has 1 atom stereocenters. The molecule has 3 rings (SSSR count). The van der Waals surface area contributed by atoms with Crippen molar-refractivity contribution in [3.63, 3.8) is 0 Å². The standard InChI is InChI=1S/C24H28IN5O2S/c1-6-30-22(17(5)26-23(32)18-9-7-14(2)8-10-18)28-29-24(30)33-13-20(31)27-21-15(3)11-19(25)12-16(21)4/h7-12,17H,6,13H2,1-5H3,(H,26,32)(H,27,31)/t17-/m0/s1. The molecule has 2 aromatic carbocycles. The first kappa shape index (κ1) is 25.2. The Hall–Kier alpha value is -2.40. The Morgan fingerprint density at radius 3 is 2.33 bits per heavy atom. The number of hydrogen-bond donors (Lipinski definition) is 2. The lowest BCUT2D eigenvalue weighted by atomic mass is 10.1. The number of thioether (sulfide) groups is 1. The van der Waals surface area contributed by atoms with Crippen LogP contribution in [0.4, 0.5) is 5.69 Å². The zero-order chi connectivity index (χ0) is 24.1. The predicted molar refractivity (Wildman–Crippen MR) is 141 cm³/mol. The van der Waals surface area contributed by atoms with Gasteiger partial charge in [0.1, 0.15) is 0 Å². The normalized spacial score (nSPS) is 11.8. The second kappa shape index (κ2) is 11.1. The first-order valence-corrected chi connectivity index (χ1v) is 12.8. The smallest absolute Gasteiger partial charge is 0.251 e. The summed E-state index contributed by atoms with van der Waals surface area (Å²) < 4.78 is 3.07. The maximum absolute atomic E-state index is 12.6. The van der Waals surface area contributed by atoms with E-state index in [-0.39, 0.29) is 23.6 Å². The van der Waals surface area contributed by atoms with E-state index in [1.807, 2.05) is 63.5 Å². The maximum Gasteiger partial charge on any atom is 0.251 e. The van der Waals surface area contributed by atoms with Gasteiger partial charge in [-0.05, 0) is 92.6 Å². The molecule has 0 fully saturated rings. The van der Waals surface area contributed by atoms with E-state index < -0.39 is 0 Å². The summed E-state index contributed by atoms with van der Waals surface area (Å²) in [4.78, 5) is 25.2. The van der Waals surface area contributed by atoms with Crippen molar-refractivity contribution in [3.05, 3.63) is 68.0 Å². The molecule has 0 bridgehead atoms. The summed E-state index contributed by atoms with van der Waals surface area (Å²) in [5.41, 5.74) is 4.63. The third-order valence-corrected chi connectivity index (χ3v) is 6.79. The number of rotatable bonds is 8. The van der Waals surface area contributed by atoms with E-state index in [0.717, 1.165) is 25.9 Å². The van der Waals surface area contributed by atoms with Crippen LogP contribution < -0.4 is 10.6 Å². The van der Waals surface area contributed by atoms with Crippen molar-refractivity contribution in [3.8, 4) is 0 Å². The van der Waals surface area contributed by atoms with Gasteiger partial charge >= 0.3 is 0 Å². The van der Waals surface area contributed by atoms with Crippen LogP contribution in [-0.4, -0.2) is 32.3 Å². The van der Waals surface area contributed by atoms with E-state index in [1.54, 1.807) is 12.1 Å². The fourth-order valence-electron chi connectivity index (χ4n) is 3.49. The molecular weight excluding hydrogens is 549 g/mol. The number of nitrogens with zero attached hydrogens (tertiary/aromatic N) is 3. The molecule has 9 heteroatoms. The Labute approximate surface area is 212 Å². The van der Waals surface area contributed by atoms with Crippen LogP contribution in [0.15, 0.2) is 41.6 Å². The molecule has 1 heterocycles. The van der Waals surface area contributed by atoms with Crippen LogP contribution in [0.1, 0.15) is 52.8 Å². The second-order valence-electron chi connectivity index (χ2n) is 7.90. The van der Waals surface area contributed by atoms with Gasteiger partial charge in [-0.15, -0.1) is 10.2 Å². The average Bonchev–Trinajstić information content (AvgIpc) is 3.18. The van der Waals surface area contributed by atoms with Crippen molar-refractivity contribution in [2.45, 2.75) is 52.4 Å². The Kier molecular flexibility index (Phi) is 8.52. The number of amides is 2. The number of nitrogens with one attached hydrogen (secondary N) is 2. The van der Waals surface area contributed by atoms with Gasteiger partial charge in [-0.3, -0.25) is 9.59 Å². The molecule has 3 aromatic rings. The monoisotopic (exact) mass is 577 g/mol. The number of anilines is 1. The molecule has 0 unspecified atom stereocenters. The lowest BCUT2D eigenvalue weighted by Gasteiger charge is -2.15. The summed E-state index contributed by atoms with van der Waals surface area (Å²) in [6, 6.07) is 11.2. The van der Waals surface area contributed by atoms with Crippen molar-refractivity contribution in [2.75, 3.05) is 11.1 Å². The highest BCUT2D eigenvalue weighted by Gasteiger charge is 2.20. The summed E-state index contributed by atoms with van der Waals surface area (Å²) in [6.45, 7) is 10.5. The lowest BCUT2D eigenvalue weighted by molar-refractivity contribution is -0.113. The van der Waals surface area contributed by atoms with Gasteiger partial charge in [-0.1, -0.05) is 29.5 Å². The Morgan fingerprint density at radius 1 is 1.09 bits per heavy atom. The Morgan fingerprint density at radius 2 is 1.73 bits per heavy atom. The summed E-state index contributed by atoms with van der Waals surface area (Å²) in [6.07, 6.45) is 0. The number of carbonyl (C=O) groups is 2. The number of aryl methyl sites for hydroxylation is 3. The van der Waals surface area contributed by atoms with Gasteiger partial charge in [-0.25, -0.2) is 0 Å². The minimum atomic E-state index is -0.327. The third kappa shape index (κ3) is 6.35. The Balaban J connectivity index is 1.64. The number of halogens is 1. The highest BCUT2D eigenvalue weighted by Crippen LogP contribution is 2.25. The fraction of sp³-hybridized carbons (Fsp3) is 0.333. The molecule has 0 aliphatic heterocycles. The molecule has 0 radical (unpaired) electrons. The molecule has 0 aliphatic carbocycles. The van der Waals surface area contributed by atoms with Crippen LogP contribution in [0.3, 0.4) is 0 Å². The van der Waals surface area contributed by atoms with E-state index in [0.29, 0.717) is 23.1 Å². The summed E-state index contributed by atoms with van der Waals surface area (Å²) in [5.74, 6) is 0.614. The highest BCUT2D eigenvalue weighted by atomic mass is 127. The van der Waals surface area contributed by atoms with Crippen LogP contribution in [0.2, 0.25) is 0 Å². The molecule has 0 saturated heterocycles. The van der Waals surface area contributed by atoms with Crippen molar-refractivity contribution >= 4 is 51.9 Å². The van der Waals surface area contributed by atoms with Gasteiger partial charge < -0.3 is 15.2 Å². The van der Waals surface area contributed by atoms with Gasteiger partial charge in [0.15, 0.2) is 11.0 Å². The number of carbonyl (C=O) groups excluding carboxylic acids is 2. The van der Waals surface area contributed by atoms with Crippen molar-refractivity contribution < 1.29 is 9.59 Å². The first-order chi connectivity index (χ1) is 15.7. The van der Waals surface area contributed by atoms with Crippen LogP contribution >= 0.6 is 34.4 Å². The molecule has 0 saturated carbocycles. The van der Waals surface area contributed by atoms with Gasteiger partial charge in [0, 0.05) is 21.4 Å². The molecule has 174 valence electrons. The largest absolute Gasteiger partial charge is 0.342 e. The molecule has 0 aliphatic rings. The van der Waals surface area contributed by atoms with Gasteiger partial charge in [0.25, 0.3) is 5.91 Å². The SMILES string of the molecule is CCn1c(SCC(=O)Nc2c(C)cc(I)cc2C)nnc1[C@H](C)NC(=O)c1ccc(C)cc1. The van der Waals surface area contributed by atoms with E-state index in [2.05, 4.69) is 43.4 Å². The minimum Gasteiger partial charge on any atom is -0.342 e. The fourth-order valence-corrected chi connectivity index (χ4v) is 5.23. The van der Waals surface area contributed by atoms with Gasteiger partial charge in [0.2, 0.25) is 5.91 Å². The van der Waals surface area contributed by atoms with Crippen molar-refractivity contribution in [1.29, 1.82) is 0 Å². The summed E-state index contributed by atoms with van der Waals surface area (Å²) in [5, 5.41) is 15.2. The van der Waals surface area contributed by atoms with Crippen molar-refractivity contribution in [1.82, 2.24) is 20.1 Å². The van der Waals surface area contributed by atoms with Gasteiger partial charge in [0.05, 0.1) is 11.8 Å². The highest BCUT2D eigenvalue weighted by molar-refractivity contribution is 14.1. The van der Waals surface area contributed by atoms with E-state index in [4.69, 9.17) is 0 Å². The van der Waals surface area contributed by atoms with E-state index in [1.165, 1.54) is 11.8 Å². The summed E-state index contributed by atoms with van der Waals surface area (Å²) >= 11 is 3.60. The molecular formula is C24H28IN5O2S. The van der Waals surface area contributed by atoms with Crippen LogP contribution in [0, 0.1) is 24.3 Å². The number of aromatic nitrogens is 3. The molecule has 33 heavy (non-hydrogen) atoms. The topological polar surface area (TPSA) is 88.9 Å². The second-order valence-corrected chi connectivity index (χ2v) is 10.1. The average molecular weight is 577 g/mol. The zero-order valence-electron chi connectivity index (χ0n) is 19.4. The van der Waals surface area contributed by atoms with Crippen LogP contribution in [0.25, 0.3) is 0 Å².